The maximum absolute atomic E-state index is 13.7. The normalized spacial score (nSPS) is 12.3. The van der Waals surface area contributed by atoms with Crippen molar-refractivity contribution in [2.45, 2.75) is 37.4 Å². The van der Waals surface area contributed by atoms with Crippen LogP contribution in [0.3, 0.4) is 0 Å². The highest BCUT2D eigenvalue weighted by Crippen LogP contribution is 2.30. The number of carbonyl (C=O) groups excluding carboxylic acids is 1. The molecule has 12 heteroatoms. The van der Waals surface area contributed by atoms with Crippen LogP contribution in [-0.4, -0.2) is 48.1 Å². The third kappa shape index (κ3) is 7.43. The molecule has 0 bridgehead atoms. The number of hydrogen-bond donors (Lipinski definition) is 1. The first-order chi connectivity index (χ1) is 19.4. The number of halogens is 5. The zero-order valence-electron chi connectivity index (χ0n) is 22.1. The van der Waals surface area contributed by atoms with Crippen LogP contribution in [0.5, 0.6) is 0 Å². The van der Waals surface area contributed by atoms with Crippen LogP contribution in [0, 0.1) is 0 Å². The Morgan fingerprint density at radius 1 is 0.976 bits per heavy atom. The minimum absolute atomic E-state index is 0.00272. The van der Waals surface area contributed by atoms with Crippen molar-refractivity contribution in [3.63, 3.8) is 0 Å². The van der Waals surface area contributed by atoms with E-state index in [4.69, 9.17) is 23.2 Å². The van der Waals surface area contributed by atoms with E-state index in [0.717, 1.165) is 32.9 Å². The molecule has 4 rings (SSSR count). The van der Waals surface area contributed by atoms with Crippen molar-refractivity contribution in [1.82, 2.24) is 14.2 Å². The average Bonchev–Trinajstić information content (AvgIpc) is 3.34. The number of rotatable bonds is 11. The van der Waals surface area contributed by atoms with Crippen LogP contribution in [0.2, 0.25) is 10.0 Å². The first kappa shape index (κ1) is 30.9. The first-order valence-electron chi connectivity index (χ1n) is 12.8. The van der Waals surface area contributed by atoms with E-state index >= 15 is 0 Å². The van der Waals surface area contributed by atoms with Gasteiger partial charge in [-0.1, -0.05) is 60.5 Å². The lowest BCUT2D eigenvalue weighted by molar-refractivity contribution is -0.137. The van der Waals surface area contributed by atoms with Crippen molar-refractivity contribution in [1.29, 1.82) is 0 Å². The second-order valence-electron chi connectivity index (χ2n) is 9.53. The number of amides is 1. The lowest BCUT2D eigenvalue weighted by Gasteiger charge is -2.27. The Balaban J connectivity index is 1.61. The summed E-state index contributed by atoms with van der Waals surface area (Å²) in [6.07, 6.45) is -1.77. The van der Waals surface area contributed by atoms with E-state index in [2.05, 4.69) is 4.98 Å². The lowest BCUT2D eigenvalue weighted by Crippen LogP contribution is -2.43. The molecule has 3 aromatic carbocycles. The summed E-state index contributed by atoms with van der Waals surface area (Å²) >= 11 is 12.2. The van der Waals surface area contributed by atoms with Crippen molar-refractivity contribution in [2.75, 3.05) is 19.6 Å². The van der Waals surface area contributed by atoms with Crippen LogP contribution < -0.4 is 0 Å². The Morgan fingerprint density at radius 2 is 1.68 bits per heavy atom. The monoisotopic (exact) mass is 625 g/mol. The average molecular weight is 627 g/mol. The number of nitrogens with zero attached hydrogens (tertiary/aromatic N) is 2. The zero-order chi connectivity index (χ0) is 29.8. The fourth-order valence-electron chi connectivity index (χ4n) is 4.50. The Morgan fingerprint density at radius 3 is 2.37 bits per heavy atom. The van der Waals surface area contributed by atoms with E-state index in [1.165, 1.54) is 35.2 Å². The van der Waals surface area contributed by atoms with E-state index in [9.17, 15) is 26.4 Å². The molecule has 218 valence electrons. The molecule has 0 spiro atoms. The highest BCUT2D eigenvalue weighted by atomic mass is 35.5. The van der Waals surface area contributed by atoms with Crippen LogP contribution in [0.25, 0.3) is 10.9 Å². The Bertz CT molecular complexity index is 1620. The summed E-state index contributed by atoms with van der Waals surface area (Å²) in [5.41, 5.74) is 1.57. The summed E-state index contributed by atoms with van der Waals surface area (Å²) in [5, 5.41) is 1.14. The summed E-state index contributed by atoms with van der Waals surface area (Å²) in [6, 6.07) is 16.3. The van der Waals surface area contributed by atoms with Gasteiger partial charge < -0.3 is 9.88 Å². The van der Waals surface area contributed by atoms with Gasteiger partial charge in [0, 0.05) is 41.8 Å². The summed E-state index contributed by atoms with van der Waals surface area (Å²) in [6.45, 7) is 1.56. The van der Waals surface area contributed by atoms with Crippen molar-refractivity contribution in [3.05, 3.63) is 99.7 Å². The van der Waals surface area contributed by atoms with Gasteiger partial charge in [0.2, 0.25) is 15.9 Å². The summed E-state index contributed by atoms with van der Waals surface area (Å²) in [5.74, 6) is -0.500. The fraction of sp³-hybridized carbons (Fsp3) is 0.276. The molecule has 0 fully saturated rings. The van der Waals surface area contributed by atoms with Crippen molar-refractivity contribution in [3.8, 4) is 0 Å². The molecule has 0 aliphatic heterocycles. The number of sulfonamides is 1. The number of aromatic amines is 1. The molecule has 0 atom stereocenters. The van der Waals surface area contributed by atoms with Gasteiger partial charge in [-0.15, -0.1) is 0 Å². The van der Waals surface area contributed by atoms with Gasteiger partial charge in [-0.25, -0.2) is 8.42 Å². The van der Waals surface area contributed by atoms with Gasteiger partial charge in [-0.3, -0.25) is 4.79 Å². The number of aromatic nitrogens is 1. The first-order valence-corrected chi connectivity index (χ1v) is 15.0. The molecule has 4 aromatic rings. The SMILES string of the molecule is CCCN(CC(=O)N(CCc1c[nH]c2ccccc12)Cc1ccc(C(F)(F)F)cc1)S(=O)(=O)c1cc(Cl)ccc1Cl. The number of alkyl halides is 3. The summed E-state index contributed by atoms with van der Waals surface area (Å²) in [7, 11) is -4.19. The van der Waals surface area contributed by atoms with Crippen molar-refractivity contribution < 1.29 is 26.4 Å². The molecule has 1 N–H and O–H groups in total. The van der Waals surface area contributed by atoms with E-state index in [1.807, 2.05) is 30.5 Å². The van der Waals surface area contributed by atoms with E-state index in [1.54, 1.807) is 6.92 Å². The minimum atomic E-state index is -4.49. The zero-order valence-corrected chi connectivity index (χ0v) is 24.4. The molecule has 0 aliphatic rings. The van der Waals surface area contributed by atoms with Crippen LogP contribution in [-0.2, 0) is 34.0 Å². The van der Waals surface area contributed by atoms with Crippen LogP contribution in [0.4, 0.5) is 13.2 Å². The predicted molar refractivity (Wildman–Crippen MR) is 154 cm³/mol. The quantitative estimate of drug-likeness (QED) is 0.192. The highest BCUT2D eigenvalue weighted by Gasteiger charge is 2.31. The number of para-hydroxylation sites is 1. The molecule has 0 saturated carbocycles. The highest BCUT2D eigenvalue weighted by molar-refractivity contribution is 7.89. The largest absolute Gasteiger partial charge is 0.416 e. The maximum atomic E-state index is 13.7. The predicted octanol–water partition coefficient (Wildman–Crippen LogP) is 7.17. The summed E-state index contributed by atoms with van der Waals surface area (Å²) in [4.78, 5) is 18.1. The molecule has 0 radical (unpaired) electrons. The van der Waals surface area contributed by atoms with Gasteiger partial charge in [0.25, 0.3) is 0 Å². The van der Waals surface area contributed by atoms with E-state index < -0.39 is 34.2 Å². The molecular weight excluding hydrogens is 598 g/mol. The second-order valence-corrected chi connectivity index (χ2v) is 12.3. The van der Waals surface area contributed by atoms with Gasteiger partial charge in [-0.05, 0) is 60.4 Å². The van der Waals surface area contributed by atoms with Gasteiger partial charge in [0.05, 0.1) is 17.1 Å². The van der Waals surface area contributed by atoms with E-state index in [-0.39, 0.29) is 34.6 Å². The van der Waals surface area contributed by atoms with Crippen molar-refractivity contribution in [2.24, 2.45) is 0 Å². The Labute approximate surface area is 246 Å². The van der Waals surface area contributed by atoms with Gasteiger partial charge in [0.15, 0.2) is 0 Å². The van der Waals surface area contributed by atoms with Crippen LogP contribution in [0.1, 0.15) is 30.0 Å². The number of fused-ring (bicyclic) bond motifs is 1. The van der Waals surface area contributed by atoms with E-state index in [0.29, 0.717) is 18.4 Å². The maximum Gasteiger partial charge on any atom is 0.416 e. The molecule has 1 amide bonds. The molecule has 6 nitrogen and oxygen atoms in total. The molecular formula is C29H28Cl2F3N3O3S. The third-order valence-corrected chi connectivity index (χ3v) is 9.19. The number of hydrogen-bond acceptors (Lipinski definition) is 3. The number of carbonyl (C=O) groups is 1. The van der Waals surface area contributed by atoms with Crippen LogP contribution in [0.15, 0.2) is 77.8 Å². The smallest absolute Gasteiger partial charge is 0.361 e. The topological polar surface area (TPSA) is 73.5 Å². The van der Waals surface area contributed by atoms with Gasteiger partial charge in [-0.2, -0.15) is 17.5 Å². The summed E-state index contributed by atoms with van der Waals surface area (Å²) < 4.78 is 67.4. The molecule has 0 aliphatic carbocycles. The molecule has 1 heterocycles. The number of nitrogens with one attached hydrogen (secondary N) is 1. The molecule has 0 saturated heterocycles. The van der Waals surface area contributed by atoms with Gasteiger partial charge >= 0.3 is 6.18 Å². The standard InChI is InChI=1S/C29H28Cl2F3N3O3S/c1-2-14-37(41(39,40)27-16-23(30)11-12-25(27)31)19-28(38)36(18-20-7-9-22(10-8-20)29(32,33)34)15-13-21-17-35-26-6-4-3-5-24(21)26/h3-12,16-17,35H,2,13-15,18-19H2,1H3. The van der Waals surface area contributed by atoms with Crippen molar-refractivity contribution >= 4 is 50.0 Å². The third-order valence-electron chi connectivity index (χ3n) is 6.63. The number of benzene rings is 3. The Kier molecular flexibility index (Phi) is 9.69. The molecule has 41 heavy (non-hydrogen) atoms. The number of H-pyrrole nitrogens is 1. The minimum Gasteiger partial charge on any atom is -0.361 e. The second kappa shape index (κ2) is 12.9. The molecule has 0 unspecified atom stereocenters. The molecule has 1 aromatic heterocycles. The van der Waals surface area contributed by atoms with Crippen LogP contribution >= 0.6 is 23.2 Å². The lowest BCUT2D eigenvalue weighted by atomic mass is 10.1. The van der Waals surface area contributed by atoms with Gasteiger partial charge in [0.1, 0.15) is 4.90 Å². The Hall–Kier alpha value is -3.05. The fourth-order valence-corrected chi connectivity index (χ4v) is 6.72.